The van der Waals surface area contributed by atoms with Gasteiger partial charge < -0.3 is 9.47 Å². The van der Waals surface area contributed by atoms with Crippen molar-refractivity contribution in [3.8, 4) is 0 Å². The average Bonchev–Trinajstić information content (AvgIpc) is 1.85. The van der Waals surface area contributed by atoms with Crippen LogP contribution in [0.3, 0.4) is 0 Å². The Morgan fingerprint density at radius 3 is 1.75 bits per heavy atom. The van der Waals surface area contributed by atoms with Gasteiger partial charge in [0.2, 0.25) is 0 Å². The molecular formula is C9H20O2S. The van der Waals surface area contributed by atoms with Gasteiger partial charge in [-0.05, 0) is 6.92 Å². The van der Waals surface area contributed by atoms with Crippen molar-refractivity contribution < 1.29 is 9.47 Å². The van der Waals surface area contributed by atoms with E-state index in [2.05, 4.69) is 27.7 Å². The second-order valence-corrected chi connectivity index (χ2v) is 5.98. The number of ether oxygens (including phenoxy) is 2. The van der Waals surface area contributed by atoms with Gasteiger partial charge in [0.25, 0.3) is 0 Å². The maximum Gasteiger partial charge on any atom is 0.168 e. The normalized spacial score (nSPS) is 15.2. The topological polar surface area (TPSA) is 18.5 Å². The Hall–Kier alpha value is 0.270. The van der Waals surface area contributed by atoms with E-state index in [1.807, 2.05) is 11.8 Å². The molecule has 0 heterocycles. The fourth-order valence-electron chi connectivity index (χ4n) is 1.09. The molecule has 2 nitrogen and oxygen atoms in total. The maximum absolute atomic E-state index is 5.16. The lowest BCUT2D eigenvalue weighted by Gasteiger charge is -2.27. The summed E-state index contributed by atoms with van der Waals surface area (Å²) < 4.78 is 10.6. The largest absolute Gasteiger partial charge is 0.355 e. The second-order valence-electron chi connectivity index (χ2n) is 3.78. The third-order valence-electron chi connectivity index (χ3n) is 1.39. The van der Waals surface area contributed by atoms with E-state index in [0.29, 0.717) is 5.25 Å². The lowest BCUT2D eigenvalue weighted by atomic mass is 10.3. The van der Waals surface area contributed by atoms with Crippen molar-refractivity contribution in [3.05, 3.63) is 0 Å². The molecule has 0 aromatic heterocycles. The summed E-state index contributed by atoms with van der Waals surface area (Å²) in [6.45, 7) is 8.69. The Bertz CT molecular complexity index is 116. The Balaban J connectivity index is 3.92. The molecule has 0 aliphatic carbocycles. The predicted octanol–water partition coefficient (Wildman–Crippen LogP) is 2.53. The van der Waals surface area contributed by atoms with E-state index < -0.39 is 0 Å². The highest BCUT2D eigenvalue weighted by Crippen LogP contribution is 2.30. The van der Waals surface area contributed by atoms with E-state index in [1.54, 1.807) is 14.2 Å². The quantitative estimate of drug-likeness (QED) is 0.638. The van der Waals surface area contributed by atoms with Gasteiger partial charge in [-0.25, -0.2) is 0 Å². The van der Waals surface area contributed by atoms with Crippen LogP contribution in [0.5, 0.6) is 0 Å². The van der Waals surface area contributed by atoms with Crippen LogP contribution in [0, 0.1) is 0 Å². The van der Waals surface area contributed by atoms with Crippen molar-refractivity contribution in [1.29, 1.82) is 0 Å². The molecule has 0 aliphatic rings. The average molecular weight is 192 g/mol. The van der Waals surface area contributed by atoms with Gasteiger partial charge in [-0.3, -0.25) is 0 Å². The fourth-order valence-corrected chi connectivity index (χ4v) is 2.54. The fraction of sp³-hybridized carbons (Fsp3) is 1.00. The molecule has 0 aliphatic heterocycles. The molecule has 0 radical (unpaired) electrons. The monoisotopic (exact) mass is 192 g/mol. The smallest absolute Gasteiger partial charge is 0.168 e. The molecule has 0 aromatic rings. The summed E-state index contributed by atoms with van der Waals surface area (Å²) in [6.07, 6.45) is -0.103. The molecule has 0 aromatic carbocycles. The van der Waals surface area contributed by atoms with Crippen LogP contribution in [0.15, 0.2) is 0 Å². The van der Waals surface area contributed by atoms with Crippen molar-refractivity contribution in [1.82, 2.24) is 0 Å². The molecule has 1 atom stereocenters. The van der Waals surface area contributed by atoms with Crippen LogP contribution >= 0.6 is 11.8 Å². The number of thioether (sulfide) groups is 1. The minimum atomic E-state index is -0.103. The van der Waals surface area contributed by atoms with Crippen molar-refractivity contribution in [2.45, 2.75) is 44.0 Å². The standard InChI is InChI=1S/C9H20O2S/c1-7(8(10-5)11-6)12-9(2,3)4/h7-8H,1-6H3. The lowest BCUT2D eigenvalue weighted by molar-refractivity contribution is -0.0990. The molecule has 74 valence electrons. The molecule has 0 bridgehead atoms. The van der Waals surface area contributed by atoms with Gasteiger partial charge in [0, 0.05) is 19.0 Å². The van der Waals surface area contributed by atoms with Crippen molar-refractivity contribution in [2.24, 2.45) is 0 Å². The molecule has 0 fully saturated rings. The summed E-state index contributed by atoms with van der Waals surface area (Å²) in [5.74, 6) is 0. The van der Waals surface area contributed by atoms with Crippen LogP contribution in [-0.2, 0) is 9.47 Å². The van der Waals surface area contributed by atoms with Gasteiger partial charge in [0.05, 0.1) is 5.25 Å². The highest BCUT2D eigenvalue weighted by Gasteiger charge is 2.22. The summed E-state index contributed by atoms with van der Waals surface area (Å²) in [5, 5.41) is 0.361. The summed E-state index contributed by atoms with van der Waals surface area (Å²) in [6, 6.07) is 0. The van der Waals surface area contributed by atoms with E-state index in [9.17, 15) is 0 Å². The van der Waals surface area contributed by atoms with Gasteiger partial charge >= 0.3 is 0 Å². The Morgan fingerprint density at radius 1 is 1.08 bits per heavy atom. The Labute approximate surface area is 80.0 Å². The third kappa shape index (κ3) is 5.01. The Kier molecular flexibility index (Phi) is 5.21. The zero-order valence-electron chi connectivity index (χ0n) is 8.88. The first-order valence-corrected chi connectivity index (χ1v) is 5.02. The van der Waals surface area contributed by atoms with Crippen LogP contribution in [0.1, 0.15) is 27.7 Å². The minimum Gasteiger partial charge on any atom is -0.355 e. The number of hydrogen-bond donors (Lipinski definition) is 0. The summed E-state index contributed by atoms with van der Waals surface area (Å²) in [4.78, 5) is 0. The second kappa shape index (κ2) is 5.10. The SMILES string of the molecule is COC(OC)C(C)SC(C)(C)C. The van der Waals surface area contributed by atoms with E-state index in [0.717, 1.165) is 0 Å². The van der Waals surface area contributed by atoms with E-state index in [1.165, 1.54) is 0 Å². The summed E-state index contributed by atoms with van der Waals surface area (Å²) in [5.41, 5.74) is 0. The van der Waals surface area contributed by atoms with Crippen molar-refractivity contribution >= 4 is 11.8 Å². The third-order valence-corrected chi connectivity index (χ3v) is 2.69. The number of hydrogen-bond acceptors (Lipinski definition) is 3. The molecule has 0 spiro atoms. The molecule has 0 saturated heterocycles. The Morgan fingerprint density at radius 2 is 1.50 bits per heavy atom. The molecular weight excluding hydrogens is 172 g/mol. The van der Waals surface area contributed by atoms with E-state index in [-0.39, 0.29) is 11.0 Å². The molecule has 0 N–H and O–H groups in total. The molecule has 0 saturated carbocycles. The van der Waals surface area contributed by atoms with Gasteiger partial charge in [0.15, 0.2) is 6.29 Å². The van der Waals surface area contributed by atoms with Gasteiger partial charge in [0.1, 0.15) is 0 Å². The van der Waals surface area contributed by atoms with Crippen LogP contribution in [-0.4, -0.2) is 30.5 Å². The summed E-state index contributed by atoms with van der Waals surface area (Å²) >= 11 is 1.86. The highest BCUT2D eigenvalue weighted by molar-refractivity contribution is 8.01. The first-order chi connectivity index (χ1) is 5.40. The first kappa shape index (κ1) is 12.3. The summed E-state index contributed by atoms with van der Waals surface area (Å²) in [7, 11) is 3.35. The molecule has 0 rings (SSSR count). The van der Waals surface area contributed by atoms with Crippen LogP contribution < -0.4 is 0 Å². The zero-order valence-corrected chi connectivity index (χ0v) is 9.70. The van der Waals surface area contributed by atoms with Crippen LogP contribution in [0.25, 0.3) is 0 Å². The zero-order chi connectivity index (χ0) is 9.78. The van der Waals surface area contributed by atoms with Gasteiger partial charge in [-0.1, -0.05) is 20.8 Å². The van der Waals surface area contributed by atoms with Crippen molar-refractivity contribution in [2.75, 3.05) is 14.2 Å². The lowest BCUT2D eigenvalue weighted by Crippen LogP contribution is -2.28. The maximum atomic E-state index is 5.16. The molecule has 3 heteroatoms. The number of rotatable bonds is 4. The molecule has 12 heavy (non-hydrogen) atoms. The van der Waals surface area contributed by atoms with Gasteiger partial charge in [-0.2, -0.15) is 0 Å². The first-order valence-electron chi connectivity index (χ1n) is 4.14. The van der Waals surface area contributed by atoms with E-state index >= 15 is 0 Å². The molecule has 1 unspecified atom stereocenters. The van der Waals surface area contributed by atoms with Crippen LogP contribution in [0.4, 0.5) is 0 Å². The number of methoxy groups -OCH3 is 2. The highest BCUT2D eigenvalue weighted by atomic mass is 32.2. The van der Waals surface area contributed by atoms with E-state index in [4.69, 9.17) is 9.47 Å². The molecule has 0 amide bonds. The predicted molar refractivity (Wildman–Crippen MR) is 54.6 cm³/mol. The minimum absolute atomic E-state index is 0.103. The van der Waals surface area contributed by atoms with Crippen molar-refractivity contribution in [3.63, 3.8) is 0 Å². The van der Waals surface area contributed by atoms with Gasteiger partial charge in [-0.15, -0.1) is 11.8 Å². The van der Waals surface area contributed by atoms with Crippen LogP contribution in [0.2, 0.25) is 0 Å².